The second kappa shape index (κ2) is 5.87. The minimum absolute atomic E-state index is 0.207. The fourth-order valence-electron chi connectivity index (χ4n) is 1.49. The summed E-state index contributed by atoms with van der Waals surface area (Å²) in [7, 11) is 0. The Morgan fingerprint density at radius 3 is 2.15 bits per heavy atom. The van der Waals surface area contributed by atoms with Gasteiger partial charge in [-0.15, -0.1) is 0 Å². The zero-order valence-corrected chi connectivity index (χ0v) is 13.0. The van der Waals surface area contributed by atoms with Crippen molar-refractivity contribution >= 4 is 12.2 Å². The molecule has 1 heterocycles. The van der Waals surface area contributed by atoms with E-state index in [1.165, 1.54) is 0 Å². The number of hydroxylamine groups is 2. The van der Waals surface area contributed by atoms with Crippen LogP contribution in [0.25, 0.3) is 0 Å². The minimum Gasteiger partial charge on any atom is -0.444 e. The Balaban J connectivity index is 2.40. The first kappa shape index (κ1) is 16.6. The van der Waals surface area contributed by atoms with E-state index in [4.69, 9.17) is 14.3 Å². The third kappa shape index (κ3) is 6.10. The molecule has 7 heteroatoms. The predicted octanol–water partition coefficient (Wildman–Crippen LogP) is 2.06. The van der Waals surface area contributed by atoms with Gasteiger partial charge in [-0.2, -0.15) is 5.06 Å². The molecule has 1 N–H and O–H groups in total. The van der Waals surface area contributed by atoms with Crippen LogP contribution in [0.5, 0.6) is 0 Å². The van der Waals surface area contributed by atoms with E-state index in [1.807, 2.05) is 0 Å². The van der Waals surface area contributed by atoms with Crippen LogP contribution >= 0.6 is 0 Å². The number of ether oxygens (including phenoxy) is 2. The van der Waals surface area contributed by atoms with E-state index in [1.54, 1.807) is 41.5 Å². The second-order valence-electron chi connectivity index (χ2n) is 6.68. The molecule has 1 saturated heterocycles. The van der Waals surface area contributed by atoms with Crippen molar-refractivity contribution in [2.45, 2.75) is 58.8 Å². The number of rotatable bonds is 1. The number of hydrogen-bond acceptors (Lipinski definition) is 5. The topological polar surface area (TPSA) is 77.1 Å². The van der Waals surface area contributed by atoms with Crippen molar-refractivity contribution in [3.8, 4) is 0 Å². The van der Waals surface area contributed by atoms with Crippen LogP contribution in [0, 0.1) is 0 Å². The lowest BCUT2D eigenvalue weighted by atomic mass is 10.2. The Bertz CT molecular complexity index is 370. The highest BCUT2D eigenvalue weighted by molar-refractivity contribution is 5.69. The summed E-state index contributed by atoms with van der Waals surface area (Å²) in [5.74, 6) is 0. The van der Waals surface area contributed by atoms with Crippen LogP contribution in [0.4, 0.5) is 9.59 Å². The molecule has 1 aliphatic heterocycles. The van der Waals surface area contributed by atoms with Crippen molar-refractivity contribution < 1.29 is 23.9 Å². The van der Waals surface area contributed by atoms with Crippen LogP contribution in [0.1, 0.15) is 41.5 Å². The van der Waals surface area contributed by atoms with E-state index in [9.17, 15) is 9.59 Å². The summed E-state index contributed by atoms with van der Waals surface area (Å²) in [5.41, 5.74) is -1.15. The van der Waals surface area contributed by atoms with Crippen molar-refractivity contribution in [2.75, 3.05) is 13.2 Å². The van der Waals surface area contributed by atoms with Gasteiger partial charge in [0.25, 0.3) is 0 Å². The van der Waals surface area contributed by atoms with Gasteiger partial charge in [0.1, 0.15) is 11.2 Å². The van der Waals surface area contributed by atoms with Crippen LogP contribution < -0.4 is 5.32 Å². The molecule has 1 atom stereocenters. The number of amides is 2. The fourth-order valence-corrected chi connectivity index (χ4v) is 1.49. The third-order valence-corrected chi connectivity index (χ3v) is 2.14. The lowest BCUT2D eigenvalue weighted by Gasteiger charge is -2.23. The van der Waals surface area contributed by atoms with Crippen molar-refractivity contribution in [3.05, 3.63) is 0 Å². The molecule has 1 aliphatic rings. The van der Waals surface area contributed by atoms with E-state index < -0.39 is 23.4 Å². The second-order valence-corrected chi connectivity index (χ2v) is 6.68. The summed E-state index contributed by atoms with van der Waals surface area (Å²) < 4.78 is 10.3. The average molecular weight is 288 g/mol. The van der Waals surface area contributed by atoms with Crippen LogP contribution in [0.3, 0.4) is 0 Å². The lowest BCUT2D eigenvalue weighted by Crippen LogP contribution is -2.42. The number of nitrogens with zero attached hydrogens (tertiary/aromatic N) is 1. The maximum absolute atomic E-state index is 11.8. The third-order valence-electron chi connectivity index (χ3n) is 2.14. The van der Waals surface area contributed by atoms with E-state index >= 15 is 0 Å². The van der Waals surface area contributed by atoms with Gasteiger partial charge in [-0.1, -0.05) is 0 Å². The van der Waals surface area contributed by atoms with Crippen molar-refractivity contribution in [1.82, 2.24) is 10.4 Å². The molecule has 1 fully saturated rings. The standard InChI is InChI=1S/C13H24N2O5/c1-12(2,3)19-10(16)14-9-7-15(18-8-9)11(17)20-13(4,5)6/h9H,7-8H2,1-6H3,(H,14,16)/t9-/m1/s1. The molecule has 20 heavy (non-hydrogen) atoms. The Hall–Kier alpha value is -1.50. The van der Waals surface area contributed by atoms with Gasteiger partial charge in [-0.25, -0.2) is 9.59 Å². The van der Waals surface area contributed by atoms with Crippen LogP contribution in [-0.4, -0.2) is 47.6 Å². The van der Waals surface area contributed by atoms with Gasteiger partial charge < -0.3 is 14.8 Å². The maximum Gasteiger partial charge on any atom is 0.434 e. The molecule has 0 saturated carbocycles. The van der Waals surface area contributed by atoms with Gasteiger partial charge in [-0.05, 0) is 41.5 Å². The van der Waals surface area contributed by atoms with Crippen molar-refractivity contribution in [3.63, 3.8) is 0 Å². The predicted molar refractivity (Wildman–Crippen MR) is 72.0 cm³/mol. The highest BCUT2D eigenvalue weighted by Crippen LogP contribution is 2.14. The molecule has 1 rings (SSSR count). The van der Waals surface area contributed by atoms with Gasteiger partial charge in [0.15, 0.2) is 0 Å². The number of alkyl carbamates (subject to hydrolysis) is 1. The zero-order valence-electron chi connectivity index (χ0n) is 13.0. The first-order chi connectivity index (χ1) is 8.96. The first-order valence-electron chi connectivity index (χ1n) is 6.59. The summed E-state index contributed by atoms with van der Waals surface area (Å²) in [6.45, 7) is 11.1. The van der Waals surface area contributed by atoms with Gasteiger partial charge >= 0.3 is 12.2 Å². The van der Waals surface area contributed by atoms with Crippen molar-refractivity contribution in [2.24, 2.45) is 0 Å². The molecule has 0 spiro atoms. The summed E-state index contributed by atoms with van der Waals surface area (Å²) in [6, 6.07) is -0.308. The van der Waals surface area contributed by atoms with Gasteiger partial charge in [0.05, 0.1) is 19.2 Å². The molecule has 0 radical (unpaired) electrons. The molecule has 116 valence electrons. The highest BCUT2D eigenvalue weighted by Gasteiger charge is 2.32. The van der Waals surface area contributed by atoms with E-state index in [-0.39, 0.29) is 19.2 Å². The zero-order chi connectivity index (χ0) is 15.6. The normalized spacial score (nSPS) is 19.7. The molecule has 0 bridgehead atoms. The Labute approximate surface area is 119 Å². The number of hydrogen-bond donors (Lipinski definition) is 1. The number of carbonyl (C=O) groups excluding carboxylic acids is 2. The van der Waals surface area contributed by atoms with E-state index in [0.717, 1.165) is 5.06 Å². The SMILES string of the molecule is CC(C)(C)OC(=O)N[C@H]1CON(C(=O)OC(C)(C)C)C1. The molecule has 2 amide bonds. The minimum atomic E-state index is -0.586. The Kier molecular flexibility index (Phi) is 4.86. The molecular weight excluding hydrogens is 264 g/mol. The summed E-state index contributed by atoms with van der Waals surface area (Å²) >= 11 is 0. The van der Waals surface area contributed by atoms with Crippen LogP contribution in [-0.2, 0) is 14.3 Å². The van der Waals surface area contributed by atoms with E-state index in [2.05, 4.69) is 5.32 Å². The maximum atomic E-state index is 11.8. The molecule has 0 unspecified atom stereocenters. The van der Waals surface area contributed by atoms with Gasteiger partial charge in [0.2, 0.25) is 0 Å². The fraction of sp³-hybridized carbons (Fsp3) is 0.846. The molecule has 0 aliphatic carbocycles. The Morgan fingerprint density at radius 1 is 1.10 bits per heavy atom. The van der Waals surface area contributed by atoms with Crippen LogP contribution in [0.15, 0.2) is 0 Å². The first-order valence-corrected chi connectivity index (χ1v) is 6.59. The van der Waals surface area contributed by atoms with Gasteiger partial charge in [0, 0.05) is 0 Å². The number of nitrogens with one attached hydrogen (secondary N) is 1. The Morgan fingerprint density at radius 2 is 1.65 bits per heavy atom. The van der Waals surface area contributed by atoms with Crippen molar-refractivity contribution in [1.29, 1.82) is 0 Å². The smallest absolute Gasteiger partial charge is 0.434 e. The van der Waals surface area contributed by atoms with E-state index in [0.29, 0.717) is 0 Å². The summed E-state index contributed by atoms with van der Waals surface area (Å²) in [6.07, 6.45) is -1.09. The number of carbonyl (C=O) groups is 2. The molecule has 0 aromatic heterocycles. The molecule has 0 aromatic rings. The van der Waals surface area contributed by atoms with Gasteiger partial charge in [-0.3, -0.25) is 4.84 Å². The molecule has 0 aromatic carbocycles. The quantitative estimate of drug-likeness (QED) is 0.799. The molecular formula is C13H24N2O5. The monoisotopic (exact) mass is 288 g/mol. The van der Waals surface area contributed by atoms with Crippen LogP contribution in [0.2, 0.25) is 0 Å². The lowest BCUT2D eigenvalue weighted by molar-refractivity contribution is -0.107. The average Bonchev–Trinajstić information content (AvgIpc) is 2.59. The largest absolute Gasteiger partial charge is 0.444 e. The highest BCUT2D eigenvalue weighted by atomic mass is 16.7. The summed E-state index contributed by atoms with van der Waals surface area (Å²) in [5, 5.41) is 3.75. The summed E-state index contributed by atoms with van der Waals surface area (Å²) in [4.78, 5) is 28.5. The molecule has 7 nitrogen and oxygen atoms in total.